The Kier molecular flexibility index (Phi) is 7.82. The number of hydrogen-bond donors (Lipinski definition) is 2. The highest BCUT2D eigenvalue weighted by atomic mass is 16.5. The molecule has 0 fully saturated rings. The average Bonchev–Trinajstić information content (AvgIpc) is 2.63. The van der Waals surface area contributed by atoms with Crippen LogP contribution in [-0.2, 0) is 9.53 Å². The van der Waals surface area contributed by atoms with Crippen LogP contribution in [0.1, 0.15) is 27.9 Å². The van der Waals surface area contributed by atoms with Crippen LogP contribution in [0.2, 0.25) is 0 Å². The standard InChI is InChI=1S/C21H26N2O4/c1-15-11-16(2)13-19(12-15)27-14-20(24)23-18-7-5-17(6-8-18)21(25)22-9-4-10-26-3/h5-8,11-13H,4,9-10,14H2,1-3H3,(H,22,25)(H,23,24). The maximum Gasteiger partial charge on any atom is 0.262 e. The Balaban J connectivity index is 1.81. The lowest BCUT2D eigenvalue weighted by Crippen LogP contribution is -2.25. The van der Waals surface area contributed by atoms with Crippen molar-refractivity contribution in [1.82, 2.24) is 5.32 Å². The molecule has 0 aliphatic carbocycles. The minimum absolute atomic E-state index is 0.0787. The van der Waals surface area contributed by atoms with Gasteiger partial charge in [0.2, 0.25) is 0 Å². The number of methoxy groups -OCH3 is 1. The second-order valence-corrected chi connectivity index (χ2v) is 6.34. The number of carbonyl (C=O) groups excluding carboxylic acids is 2. The number of anilines is 1. The van der Waals surface area contributed by atoms with Gasteiger partial charge in [-0.2, -0.15) is 0 Å². The molecular formula is C21H26N2O4. The molecule has 6 nitrogen and oxygen atoms in total. The van der Waals surface area contributed by atoms with Crippen molar-refractivity contribution < 1.29 is 19.1 Å². The van der Waals surface area contributed by atoms with Crippen molar-refractivity contribution in [2.24, 2.45) is 0 Å². The molecule has 2 amide bonds. The molecule has 2 aromatic rings. The third kappa shape index (κ3) is 7.11. The van der Waals surface area contributed by atoms with Crippen molar-refractivity contribution >= 4 is 17.5 Å². The molecule has 0 aliphatic heterocycles. The topological polar surface area (TPSA) is 76.7 Å². The summed E-state index contributed by atoms with van der Waals surface area (Å²) in [4.78, 5) is 24.0. The van der Waals surface area contributed by atoms with E-state index < -0.39 is 0 Å². The van der Waals surface area contributed by atoms with Crippen LogP contribution in [0, 0.1) is 13.8 Å². The van der Waals surface area contributed by atoms with Crippen LogP contribution in [0.3, 0.4) is 0 Å². The van der Waals surface area contributed by atoms with E-state index in [1.165, 1.54) is 0 Å². The Hall–Kier alpha value is -2.86. The number of ether oxygens (including phenoxy) is 2. The zero-order chi connectivity index (χ0) is 19.6. The normalized spacial score (nSPS) is 10.3. The number of aryl methyl sites for hydroxylation is 2. The van der Waals surface area contributed by atoms with E-state index in [4.69, 9.17) is 9.47 Å². The SMILES string of the molecule is COCCCNC(=O)c1ccc(NC(=O)COc2cc(C)cc(C)c2)cc1. The largest absolute Gasteiger partial charge is 0.484 e. The van der Waals surface area contributed by atoms with Crippen LogP contribution in [0.15, 0.2) is 42.5 Å². The minimum atomic E-state index is -0.258. The fourth-order valence-electron chi connectivity index (χ4n) is 2.59. The fraction of sp³-hybridized carbons (Fsp3) is 0.333. The summed E-state index contributed by atoms with van der Waals surface area (Å²) < 4.78 is 10.5. The Morgan fingerprint density at radius 3 is 2.30 bits per heavy atom. The zero-order valence-electron chi connectivity index (χ0n) is 16.0. The summed E-state index contributed by atoms with van der Waals surface area (Å²) in [6.07, 6.45) is 0.761. The first-order valence-electron chi connectivity index (χ1n) is 8.86. The van der Waals surface area contributed by atoms with Gasteiger partial charge in [0.05, 0.1) is 0 Å². The van der Waals surface area contributed by atoms with Crippen LogP contribution in [-0.4, -0.2) is 38.7 Å². The van der Waals surface area contributed by atoms with E-state index in [-0.39, 0.29) is 18.4 Å². The lowest BCUT2D eigenvalue weighted by Gasteiger charge is -2.10. The number of carbonyl (C=O) groups is 2. The molecule has 27 heavy (non-hydrogen) atoms. The van der Waals surface area contributed by atoms with Gasteiger partial charge in [-0.1, -0.05) is 6.07 Å². The Bertz CT molecular complexity index is 752. The Morgan fingerprint density at radius 2 is 1.67 bits per heavy atom. The first kappa shape index (κ1) is 20.5. The highest BCUT2D eigenvalue weighted by Gasteiger charge is 2.07. The molecule has 144 valence electrons. The van der Waals surface area contributed by atoms with Crippen molar-refractivity contribution in [2.75, 3.05) is 32.2 Å². The van der Waals surface area contributed by atoms with E-state index in [9.17, 15) is 9.59 Å². The maximum atomic E-state index is 12.1. The summed E-state index contributed by atoms with van der Waals surface area (Å²) in [5.41, 5.74) is 3.32. The minimum Gasteiger partial charge on any atom is -0.484 e. The molecule has 0 spiro atoms. The number of benzene rings is 2. The van der Waals surface area contributed by atoms with Gasteiger partial charge in [-0.15, -0.1) is 0 Å². The number of hydrogen-bond acceptors (Lipinski definition) is 4. The van der Waals surface area contributed by atoms with Gasteiger partial charge in [-0.3, -0.25) is 9.59 Å². The molecule has 0 aliphatic rings. The van der Waals surface area contributed by atoms with E-state index in [1.807, 2.05) is 32.0 Å². The van der Waals surface area contributed by atoms with Crippen LogP contribution in [0.4, 0.5) is 5.69 Å². The molecule has 0 saturated carbocycles. The molecular weight excluding hydrogens is 344 g/mol. The van der Waals surface area contributed by atoms with Gasteiger partial charge >= 0.3 is 0 Å². The van der Waals surface area contributed by atoms with Gasteiger partial charge in [0.1, 0.15) is 5.75 Å². The number of rotatable bonds is 9. The monoisotopic (exact) mass is 370 g/mol. The average molecular weight is 370 g/mol. The van der Waals surface area contributed by atoms with E-state index in [1.54, 1.807) is 31.4 Å². The van der Waals surface area contributed by atoms with Gasteiger partial charge in [0.15, 0.2) is 6.61 Å². The molecule has 2 aromatic carbocycles. The second kappa shape index (κ2) is 10.3. The summed E-state index contributed by atoms with van der Waals surface area (Å²) in [5.74, 6) is 0.260. The zero-order valence-corrected chi connectivity index (χ0v) is 16.0. The Labute approximate surface area is 159 Å². The van der Waals surface area contributed by atoms with Gasteiger partial charge in [0, 0.05) is 31.5 Å². The third-order valence-electron chi connectivity index (χ3n) is 3.81. The van der Waals surface area contributed by atoms with Crippen molar-refractivity contribution in [1.29, 1.82) is 0 Å². The van der Waals surface area contributed by atoms with Gasteiger partial charge in [-0.05, 0) is 67.8 Å². The predicted molar refractivity (Wildman–Crippen MR) is 105 cm³/mol. The van der Waals surface area contributed by atoms with E-state index >= 15 is 0 Å². The van der Waals surface area contributed by atoms with Crippen molar-refractivity contribution in [3.05, 3.63) is 59.2 Å². The fourth-order valence-corrected chi connectivity index (χ4v) is 2.59. The van der Waals surface area contributed by atoms with Gasteiger partial charge in [-0.25, -0.2) is 0 Å². The molecule has 0 radical (unpaired) electrons. The molecule has 0 saturated heterocycles. The van der Waals surface area contributed by atoms with Gasteiger partial charge in [0.25, 0.3) is 11.8 Å². The maximum absolute atomic E-state index is 12.1. The van der Waals surface area contributed by atoms with Crippen molar-refractivity contribution in [2.45, 2.75) is 20.3 Å². The first-order chi connectivity index (χ1) is 13.0. The molecule has 0 aromatic heterocycles. The molecule has 0 heterocycles. The van der Waals surface area contributed by atoms with E-state index in [0.29, 0.717) is 30.2 Å². The van der Waals surface area contributed by atoms with Crippen LogP contribution < -0.4 is 15.4 Å². The smallest absolute Gasteiger partial charge is 0.262 e. The summed E-state index contributed by atoms with van der Waals surface area (Å²) in [7, 11) is 1.63. The molecule has 0 atom stereocenters. The third-order valence-corrected chi connectivity index (χ3v) is 3.81. The Morgan fingerprint density at radius 1 is 1.00 bits per heavy atom. The first-order valence-corrected chi connectivity index (χ1v) is 8.86. The highest BCUT2D eigenvalue weighted by Crippen LogP contribution is 2.16. The van der Waals surface area contributed by atoms with Gasteiger partial charge < -0.3 is 20.1 Å². The summed E-state index contributed by atoms with van der Waals surface area (Å²) >= 11 is 0. The molecule has 0 bridgehead atoms. The van der Waals surface area contributed by atoms with Crippen LogP contribution in [0.25, 0.3) is 0 Å². The summed E-state index contributed by atoms with van der Waals surface area (Å²) in [6.45, 7) is 5.05. The molecule has 2 N–H and O–H groups in total. The lowest BCUT2D eigenvalue weighted by atomic mass is 10.1. The summed E-state index contributed by atoms with van der Waals surface area (Å²) in [5, 5.41) is 5.57. The highest BCUT2D eigenvalue weighted by molar-refractivity contribution is 5.96. The quantitative estimate of drug-likeness (QED) is 0.665. The van der Waals surface area contributed by atoms with E-state index in [2.05, 4.69) is 10.6 Å². The van der Waals surface area contributed by atoms with Crippen molar-refractivity contribution in [3.8, 4) is 5.75 Å². The van der Waals surface area contributed by atoms with E-state index in [0.717, 1.165) is 17.5 Å². The molecule has 0 unspecified atom stereocenters. The second-order valence-electron chi connectivity index (χ2n) is 6.34. The lowest BCUT2D eigenvalue weighted by molar-refractivity contribution is -0.118. The van der Waals surface area contributed by atoms with Crippen molar-refractivity contribution in [3.63, 3.8) is 0 Å². The van der Waals surface area contributed by atoms with Crippen LogP contribution >= 0.6 is 0 Å². The number of nitrogens with one attached hydrogen (secondary N) is 2. The van der Waals surface area contributed by atoms with Crippen LogP contribution in [0.5, 0.6) is 5.75 Å². The molecule has 2 rings (SSSR count). The predicted octanol–water partition coefficient (Wildman–Crippen LogP) is 3.09. The number of amides is 2. The summed E-state index contributed by atoms with van der Waals surface area (Å²) in [6, 6.07) is 12.6. The molecule has 6 heteroatoms.